The van der Waals surface area contributed by atoms with Crippen LogP contribution in [0.15, 0.2) is 0 Å². The normalized spacial score (nSPS) is 26.1. The van der Waals surface area contributed by atoms with E-state index in [0.717, 1.165) is 5.92 Å². The van der Waals surface area contributed by atoms with Gasteiger partial charge in [-0.3, -0.25) is 0 Å². The Kier molecular flexibility index (Phi) is 2.95. The zero-order valence-corrected chi connectivity index (χ0v) is 7.93. The van der Waals surface area contributed by atoms with Crippen molar-refractivity contribution >= 4 is 24.1 Å². The molecule has 1 nitrogen and oxygen atoms in total. The van der Waals surface area contributed by atoms with Crippen molar-refractivity contribution in [3.8, 4) is 0 Å². The number of hydrogen-bond donors (Lipinski definition) is 0. The molecule has 1 fully saturated rings. The zero-order valence-electron chi connectivity index (χ0n) is 5.77. The number of hydrogen-bond acceptors (Lipinski definition) is 1. The molecule has 0 amide bonds. The van der Waals surface area contributed by atoms with E-state index in [2.05, 4.69) is 6.92 Å². The Morgan fingerprint density at radius 1 is 1.44 bits per heavy atom. The number of carbonyl (C=O) groups is 1. The van der Waals surface area contributed by atoms with Gasteiger partial charge in [-0.05, 0) is 0 Å². The van der Waals surface area contributed by atoms with Crippen LogP contribution in [0.3, 0.4) is 0 Å². The molecule has 1 rings (SSSR count). The van der Waals surface area contributed by atoms with Crippen molar-refractivity contribution in [2.75, 3.05) is 8.86 Å². The van der Waals surface area contributed by atoms with E-state index in [9.17, 15) is 4.79 Å². The van der Waals surface area contributed by atoms with Crippen molar-refractivity contribution < 1.29 is 4.79 Å². The molecule has 1 heterocycles. The summed E-state index contributed by atoms with van der Waals surface area (Å²) >= 11 is -0.980. The second-order valence-electron chi connectivity index (χ2n) is 2.65. The van der Waals surface area contributed by atoms with E-state index in [4.69, 9.17) is 0 Å². The fourth-order valence-electron chi connectivity index (χ4n) is 0.981. The maximum absolute atomic E-state index is 10.3. The molecule has 1 saturated heterocycles. The van der Waals surface area contributed by atoms with Crippen LogP contribution < -0.4 is 0 Å². The molecule has 54 valence electrons. The first-order chi connectivity index (χ1) is 4.33. The standard InChI is InChI=1S/C7H13IO/c1-7-2-4-8(6-9)5-3-7/h6-7H,2-5H2,1H3. The van der Waals surface area contributed by atoms with Crippen LogP contribution in [-0.4, -0.2) is 13.1 Å². The first-order valence-corrected chi connectivity index (χ1v) is 7.68. The van der Waals surface area contributed by atoms with Crippen LogP contribution in [-0.2, 0) is 4.79 Å². The van der Waals surface area contributed by atoms with Gasteiger partial charge in [-0.25, -0.2) is 0 Å². The zero-order chi connectivity index (χ0) is 6.69. The molecule has 0 aromatic carbocycles. The summed E-state index contributed by atoms with van der Waals surface area (Å²) in [4.78, 5) is 10.3. The van der Waals surface area contributed by atoms with Crippen LogP contribution in [0.2, 0.25) is 0 Å². The van der Waals surface area contributed by atoms with E-state index >= 15 is 0 Å². The molecular weight excluding hydrogens is 227 g/mol. The Balaban J connectivity index is 2.26. The molecule has 0 bridgehead atoms. The van der Waals surface area contributed by atoms with Gasteiger partial charge in [-0.2, -0.15) is 0 Å². The van der Waals surface area contributed by atoms with E-state index in [1.165, 1.54) is 26.0 Å². The minimum absolute atomic E-state index is 0.901. The van der Waals surface area contributed by atoms with E-state index in [0.29, 0.717) is 0 Å². The van der Waals surface area contributed by atoms with Gasteiger partial charge >= 0.3 is 63.4 Å². The van der Waals surface area contributed by atoms with Crippen molar-refractivity contribution in [3.63, 3.8) is 0 Å². The molecular formula is C7H13IO. The van der Waals surface area contributed by atoms with Gasteiger partial charge in [-0.1, -0.05) is 0 Å². The molecule has 0 aromatic rings. The molecule has 0 saturated carbocycles. The van der Waals surface area contributed by atoms with E-state index < -0.39 is 19.8 Å². The summed E-state index contributed by atoms with van der Waals surface area (Å²) in [6.07, 6.45) is 2.65. The second-order valence-corrected chi connectivity index (χ2v) is 8.15. The summed E-state index contributed by atoms with van der Waals surface area (Å²) in [6, 6.07) is 0. The molecule has 0 radical (unpaired) electrons. The summed E-state index contributed by atoms with van der Waals surface area (Å²) in [6.45, 7) is 2.29. The summed E-state index contributed by atoms with van der Waals surface area (Å²) in [5, 5.41) is 0. The van der Waals surface area contributed by atoms with Gasteiger partial charge in [0.1, 0.15) is 0 Å². The van der Waals surface area contributed by atoms with E-state index in [1.807, 2.05) is 0 Å². The number of carbonyl (C=O) groups excluding carboxylic acids is 1. The number of rotatable bonds is 1. The van der Waals surface area contributed by atoms with E-state index in [1.54, 1.807) is 0 Å². The van der Waals surface area contributed by atoms with Crippen molar-refractivity contribution in [1.29, 1.82) is 0 Å². The van der Waals surface area contributed by atoms with Gasteiger partial charge in [0.2, 0.25) is 0 Å². The topological polar surface area (TPSA) is 17.1 Å². The fourth-order valence-corrected chi connectivity index (χ4v) is 5.76. The van der Waals surface area contributed by atoms with Gasteiger partial charge in [-0.15, -0.1) is 0 Å². The van der Waals surface area contributed by atoms with Gasteiger partial charge in [0.25, 0.3) is 0 Å². The Bertz CT molecular complexity index is 95.1. The number of halogens is 1. The summed E-state index contributed by atoms with van der Waals surface area (Å²) in [5.41, 5.74) is 0. The average molecular weight is 240 g/mol. The van der Waals surface area contributed by atoms with Gasteiger partial charge in [0.15, 0.2) is 0 Å². The fraction of sp³-hybridized carbons (Fsp3) is 0.857. The van der Waals surface area contributed by atoms with E-state index in [-0.39, 0.29) is 0 Å². The SMILES string of the molecule is CC1CCI(C=O)CC1. The van der Waals surface area contributed by atoms with Crippen LogP contribution in [0.25, 0.3) is 0 Å². The maximum atomic E-state index is 10.3. The first-order valence-electron chi connectivity index (χ1n) is 3.38. The van der Waals surface area contributed by atoms with Crippen LogP contribution in [0.5, 0.6) is 0 Å². The monoisotopic (exact) mass is 240 g/mol. The molecule has 0 unspecified atom stereocenters. The molecule has 0 N–H and O–H groups in total. The molecule has 0 spiro atoms. The predicted octanol–water partition coefficient (Wildman–Crippen LogP) is 2.11. The van der Waals surface area contributed by atoms with Crippen LogP contribution in [0, 0.1) is 5.92 Å². The van der Waals surface area contributed by atoms with Crippen molar-refractivity contribution in [2.24, 2.45) is 5.92 Å². The molecule has 1 aliphatic rings. The Morgan fingerprint density at radius 3 is 2.44 bits per heavy atom. The predicted molar refractivity (Wildman–Crippen MR) is 48.9 cm³/mol. The van der Waals surface area contributed by atoms with Gasteiger partial charge in [0, 0.05) is 0 Å². The van der Waals surface area contributed by atoms with Gasteiger partial charge < -0.3 is 0 Å². The Hall–Kier alpha value is 0.400. The Labute approximate surface area is 63.6 Å². The van der Waals surface area contributed by atoms with Crippen molar-refractivity contribution in [2.45, 2.75) is 19.8 Å². The number of alkyl halides is 2. The molecule has 9 heavy (non-hydrogen) atoms. The molecule has 0 aliphatic carbocycles. The third-order valence-corrected chi connectivity index (χ3v) is 6.55. The van der Waals surface area contributed by atoms with Crippen LogP contribution >= 0.6 is 19.8 Å². The molecule has 0 aromatic heterocycles. The quantitative estimate of drug-likeness (QED) is 0.297. The molecule has 1 aliphatic heterocycles. The van der Waals surface area contributed by atoms with Crippen molar-refractivity contribution in [1.82, 2.24) is 0 Å². The summed E-state index contributed by atoms with van der Waals surface area (Å²) in [5.74, 6) is 0.901. The second kappa shape index (κ2) is 3.54. The Morgan fingerprint density at radius 2 is 2.00 bits per heavy atom. The third kappa shape index (κ3) is 2.24. The van der Waals surface area contributed by atoms with Crippen LogP contribution in [0.4, 0.5) is 0 Å². The minimum atomic E-state index is -0.980. The van der Waals surface area contributed by atoms with Gasteiger partial charge in [0.05, 0.1) is 0 Å². The molecule has 0 atom stereocenters. The van der Waals surface area contributed by atoms with Crippen LogP contribution in [0.1, 0.15) is 19.8 Å². The average Bonchev–Trinajstić information content (AvgIpc) is 1.90. The molecule has 2 heteroatoms. The summed E-state index contributed by atoms with van der Waals surface area (Å²) < 4.78 is 3.85. The summed E-state index contributed by atoms with van der Waals surface area (Å²) in [7, 11) is 0. The third-order valence-electron chi connectivity index (χ3n) is 1.82. The van der Waals surface area contributed by atoms with Crippen molar-refractivity contribution in [3.05, 3.63) is 0 Å². The first kappa shape index (κ1) is 7.51.